The number of nitrogens with two attached hydrogens (primary N) is 1. The molecule has 16 heavy (non-hydrogen) atoms. The maximum absolute atomic E-state index is 7.30. The summed E-state index contributed by atoms with van der Waals surface area (Å²) in [5.74, 6) is 1.13. The standard InChI is InChI=1S/C13H19N3/c14-13(15)8-9-16(10-11-6-7-11)12-4-2-1-3-5-12/h1-5,11H,6-10H2,(H3,14,15). The van der Waals surface area contributed by atoms with Crippen LogP contribution in [0.15, 0.2) is 30.3 Å². The van der Waals surface area contributed by atoms with Crippen molar-refractivity contribution in [3.63, 3.8) is 0 Å². The van der Waals surface area contributed by atoms with Gasteiger partial charge in [0.25, 0.3) is 0 Å². The largest absolute Gasteiger partial charge is 0.388 e. The third-order valence-electron chi connectivity index (χ3n) is 2.95. The SMILES string of the molecule is N=C(N)CCN(CC1CC1)c1ccccc1. The van der Waals surface area contributed by atoms with E-state index in [2.05, 4.69) is 29.2 Å². The van der Waals surface area contributed by atoms with Gasteiger partial charge in [-0.05, 0) is 30.9 Å². The van der Waals surface area contributed by atoms with Crippen LogP contribution in [0.25, 0.3) is 0 Å². The summed E-state index contributed by atoms with van der Waals surface area (Å²) in [6, 6.07) is 10.4. The first-order valence-electron chi connectivity index (χ1n) is 5.88. The van der Waals surface area contributed by atoms with Gasteiger partial charge in [0.1, 0.15) is 0 Å². The fraction of sp³-hybridized carbons (Fsp3) is 0.462. The molecule has 0 bridgehead atoms. The van der Waals surface area contributed by atoms with E-state index in [0.717, 1.165) is 19.0 Å². The maximum Gasteiger partial charge on any atom is 0.0923 e. The van der Waals surface area contributed by atoms with Crippen molar-refractivity contribution in [2.45, 2.75) is 19.3 Å². The molecule has 0 amide bonds. The highest BCUT2D eigenvalue weighted by Gasteiger charge is 2.24. The Balaban J connectivity index is 1.98. The van der Waals surface area contributed by atoms with Gasteiger partial charge in [0, 0.05) is 25.2 Å². The van der Waals surface area contributed by atoms with Crippen molar-refractivity contribution in [2.75, 3.05) is 18.0 Å². The molecule has 1 aliphatic rings. The molecule has 1 fully saturated rings. The van der Waals surface area contributed by atoms with E-state index in [1.54, 1.807) is 0 Å². The van der Waals surface area contributed by atoms with E-state index in [9.17, 15) is 0 Å². The zero-order valence-corrected chi connectivity index (χ0v) is 9.52. The zero-order chi connectivity index (χ0) is 11.4. The monoisotopic (exact) mass is 217 g/mol. The number of benzene rings is 1. The Morgan fingerprint density at radius 1 is 1.31 bits per heavy atom. The number of hydrogen-bond acceptors (Lipinski definition) is 2. The summed E-state index contributed by atoms with van der Waals surface area (Å²) in [6.45, 7) is 1.97. The van der Waals surface area contributed by atoms with Crippen molar-refractivity contribution in [2.24, 2.45) is 11.7 Å². The summed E-state index contributed by atoms with van der Waals surface area (Å²) in [7, 11) is 0. The molecule has 0 spiro atoms. The first-order chi connectivity index (χ1) is 7.75. The fourth-order valence-corrected chi connectivity index (χ4v) is 1.83. The van der Waals surface area contributed by atoms with Crippen molar-refractivity contribution in [3.05, 3.63) is 30.3 Å². The third-order valence-corrected chi connectivity index (χ3v) is 2.95. The first kappa shape index (κ1) is 11.0. The smallest absolute Gasteiger partial charge is 0.0923 e. The Labute approximate surface area is 96.8 Å². The molecule has 1 aromatic rings. The van der Waals surface area contributed by atoms with Crippen LogP contribution >= 0.6 is 0 Å². The Morgan fingerprint density at radius 3 is 2.56 bits per heavy atom. The lowest BCUT2D eigenvalue weighted by molar-refractivity contribution is 0.727. The van der Waals surface area contributed by atoms with Gasteiger partial charge in [0.15, 0.2) is 0 Å². The number of rotatable bonds is 6. The summed E-state index contributed by atoms with van der Waals surface area (Å²) in [5, 5.41) is 7.30. The molecule has 3 heteroatoms. The summed E-state index contributed by atoms with van der Waals surface area (Å²) in [4.78, 5) is 2.35. The second-order valence-electron chi connectivity index (χ2n) is 4.50. The second-order valence-corrected chi connectivity index (χ2v) is 4.50. The predicted molar refractivity (Wildman–Crippen MR) is 67.9 cm³/mol. The van der Waals surface area contributed by atoms with Gasteiger partial charge in [-0.2, -0.15) is 0 Å². The Hall–Kier alpha value is -1.51. The molecular formula is C13H19N3. The fourth-order valence-electron chi connectivity index (χ4n) is 1.83. The lowest BCUT2D eigenvalue weighted by atomic mass is 10.2. The van der Waals surface area contributed by atoms with E-state index in [1.807, 2.05) is 6.07 Å². The number of para-hydroxylation sites is 1. The van der Waals surface area contributed by atoms with Gasteiger partial charge in [-0.25, -0.2) is 0 Å². The molecule has 0 heterocycles. The number of nitrogens with zero attached hydrogens (tertiary/aromatic N) is 1. The van der Waals surface area contributed by atoms with Crippen LogP contribution in [0, 0.1) is 11.3 Å². The number of hydrogen-bond donors (Lipinski definition) is 2. The second kappa shape index (κ2) is 5.01. The molecule has 0 aliphatic heterocycles. The van der Waals surface area contributed by atoms with Crippen LogP contribution in [-0.4, -0.2) is 18.9 Å². The van der Waals surface area contributed by atoms with Crippen molar-refractivity contribution < 1.29 is 0 Å². The molecule has 1 aliphatic carbocycles. The van der Waals surface area contributed by atoms with Crippen LogP contribution < -0.4 is 10.6 Å². The third kappa shape index (κ3) is 3.26. The molecular weight excluding hydrogens is 198 g/mol. The van der Waals surface area contributed by atoms with Crippen molar-refractivity contribution in [1.82, 2.24) is 0 Å². The highest BCUT2D eigenvalue weighted by molar-refractivity contribution is 5.77. The normalized spacial score (nSPS) is 14.8. The average molecular weight is 217 g/mol. The van der Waals surface area contributed by atoms with E-state index in [-0.39, 0.29) is 5.84 Å². The van der Waals surface area contributed by atoms with Crippen LogP contribution in [0.4, 0.5) is 5.69 Å². The molecule has 3 nitrogen and oxygen atoms in total. The van der Waals surface area contributed by atoms with Gasteiger partial charge in [-0.3, -0.25) is 5.41 Å². The van der Waals surface area contributed by atoms with E-state index in [1.165, 1.54) is 18.5 Å². The minimum atomic E-state index is 0.275. The quantitative estimate of drug-likeness (QED) is 0.567. The van der Waals surface area contributed by atoms with Crippen LogP contribution in [0.1, 0.15) is 19.3 Å². The highest BCUT2D eigenvalue weighted by Crippen LogP contribution is 2.31. The van der Waals surface area contributed by atoms with Gasteiger partial charge in [-0.1, -0.05) is 18.2 Å². The van der Waals surface area contributed by atoms with Crippen LogP contribution in [0.3, 0.4) is 0 Å². The zero-order valence-electron chi connectivity index (χ0n) is 9.52. The Morgan fingerprint density at radius 2 is 2.00 bits per heavy atom. The predicted octanol–water partition coefficient (Wildman–Crippen LogP) is 2.23. The highest BCUT2D eigenvalue weighted by atomic mass is 15.1. The Bertz CT molecular complexity index is 343. The Kier molecular flexibility index (Phi) is 3.44. The lowest BCUT2D eigenvalue weighted by Crippen LogP contribution is -2.29. The molecule has 0 aromatic heterocycles. The van der Waals surface area contributed by atoms with Crippen LogP contribution in [0.5, 0.6) is 0 Å². The van der Waals surface area contributed by atoms with Crippen molar-refractivity contribution >= 4 is 11.5 Å². The van der Waals surface area contributed by atoms with Crippen LogP contribution in [0.2, 0.25) is 0 Å². The minimum Gasteiger partial charge on any atom is -0.388 e. The minimum absolute atomic E-state index is 0.275. The molecule has 1 aromatic carbocycles. The summed E-state index contributed by atoms with van der Waals surface area (Å²) in [5.41, 5.74) is 6.67. The van der Waals surface area contributed by atoms with Gasteiger partial charge in [-0.15, -0.1) is 0 Å². The van der Waals surface area contributed by atoms with Crippen LogP contribution in [-0.2, 0) is 0 Å². The number of amidine groups is 1. The van der Waals surface area contributed by atoms with Gasteiger partial charge in [0.2, 0.25) is 0 Å². The summed E-state index contributed by atoms with van der Waals surface area (Å²) >= 11 is 0. The van der Waals surface area contributed by atoms with Gasteiger partial charge in [0.05, 0.1) is 5.84 Å². The number of anilines is 1. The van der Waals surface area contributed by atoms with E-state index in [0.29, 0.717) is 6.42 Å². The summed E-state index contributed by atoms with van der Waals surface area (Å²) < 4.78 is 0. The van der Waals surface area contributed by atoms with Gasteiger partial charge >= 0.3 is 0 Å². The number of nitrogens with one attached hydrogen (secondary N) is 1. The maximum atomic E-state index is 7.30. The molecule has 0 unspecified atom stereocenters. The molecule has 3 N–H and O–H groups in total. The molecule has 2 rings (SSSR count). The lowest BCUT2D eigenvalue weighted by Gasteiger charge is -2.24. The van der Waals surface area contributed by atoms with Gasteiger partial charge < -0.3 is 10.6 Å². The van der Waals surface area contributed by atoms with E-state index >= 15 is 0 Å². The summed E-state index contributed by atoms with van der Waals surface area (Å²) in [6.07, 6.45) is 3.36. The molecule has 0 saturated heterocycles. The van der Waals surface area contributed by atoms with Crippen molar-refractivity contribution in [1.29, 1.82) is 5.41 Å². The molecule has 0 radical (unpaired) electrons. The van der Waals surface area contributed by atoms with Crippen molar-refractivity contribution in [3.8, 4) is 0 Å². The van der Waals surface area contributed by atoms with E-state index < -0.39 is 0 Å². The van der Waals surface area contributed by atoms with E-state index in [4.69, 9.17) is 11.1 Å². The molecule has 0 atom stereocenters. The first-order valence-corrected chi connectivity index (χ1v) is 5.88. The topological polar surface area (TPSA) is 53.1 Å². The molecule has 1 saturated carbocycles. The average Bonchev–Trinajstić information content (AvgIpc) is 3.09. The molecule has 86 valence electrons.